The van der Waals surface area contributed by atoms with E-state index in [0.717, 1.165) is 11.1 Å². The Bertz CT molecular complexity index is 996. The first-order chi connectivity index (χ1) is 12.4. The molecule has 0 unspecified atom stereocenters. The Morgan fingerprint density at radius 2 is 1.77 bits per heavy atom. The van der Waals surface area contributed by atoms with Crippen molar-refractivity contribution >= 4 is 15.9 Å². The maximum absolute atomic E-state index is 12.1. The van der Waals surface area contributed by atoms with Gasteiger partial charge in [0.15, 0.2) is 11.5 Å². The van der Waals surface area contributed by atoms with E-state index in [1.807, 2.05) is 30.3 Å². The summed E-state index contributed by atoms with van der Waals surface area (Å²) in [4.78, 5) is 12.2. The van der Waals surface area contributed by atoms with Crippen LogP contribution in [0.2, 0.25) is 0 Å². The Labute approximate surface area is 150 Å². The van der Waals surface area contributed by atoms with Gasteiger partial charge in [-0.15, -0.1) is 0 Å². The fourth-order valence-electron chi connectivity index (χ4n) is 2.38. The number of amides is 1. The second kappa shape index (κ2) is 7.51. The number of primary sulfonamides is 1. The van der Waals surface area contributed by atoms with Crippen LogP contribution >= 0.6 is 0 Å². The average Bonchev–Trinajstić information content (AvgIpc) is 3.12. The summed E-state index contributed by atoms with van der Waals surface area (Å²) < 4.78 is 27.6. The minimum Gasteiger partial charge on any atom is -0.355 e. The number of carbonyl (C=O) groups excluding carboxylic acids is 1. The van der Waals surface area contributed by atoms with Gasteiger partial charge in [-0.2, -0.15) is 0 Å². The lowest BCUT2D eigenvalue weighted by Gasteiger charge is -2.04. The molecule has 0 spiro atoms. The van der Waals surface area contributed by atoms with Crippen molar-refractivity contribution < 1.29 is 17.7 Å². The van der Waals surface area contributed by atoms with Gasteiger partial charge in [0.25, 0.3) is 5.91 Å². The predicted molar refractivity (Wildman–Crippen MR) is 95.8 cm³/mol. The minimum absolute atomic E-state index is 0.0568. The topological polar surface area (TPSA) is 115 Å². The van der Waals surface area contributed by atoms with Crippen LogP contribution in [-0.2, 0) is 16.4 Å². The molecule has 1 heterocycles. The molecular formula is C18H17N3O4S. The molecule has 0 atom stereocenters. The van der Waals surface area contributed by atoms with Crippen LogP contribution in [0.3, 0.4) is 0 Å². The summed E-state index contributed by atoms with van der Waals surface area (Å²) in [6.45, 7) is 0.376. The van der Waals surface area contributed by atoms with Crippen molar-refractivity contribution in [3.05, 3.63) is 71.9 Å². The van der Waals surface area contributed by atoms with Crippen LogP contribution in [0.15, 0.2) is 70.1 Å². The molecule has 3 N–H and O–H groups in total. The van der Waals surface area contributed by atoms with E-state index in [1.165, 1.54) is 12.1 Å². The Balaban J connectivity index is 1.55. The summed E-state index contributed by atoms with van der Waals surface area (Å²) in [7, 11) is -3.70. The van der Waals surface area contributed by atoms with Crippen molar-refractivity contribution in [3.8, 4) is 11.3 Å². The summed E-state index contributed by atoms with van der Waals surface area (Å²) in [5, 5.41) is 11.6. The summed E-state index contributed by atoms with van der Waals surface area (Å²) in [6.07, 6.45) is 0.542. The Morgan fingerprint density at radius 3 is 2.42 bits per heavy atom. The van der Waals surface area contributed by atoms with Crippen LogP contribution in [0.5, 0.6) is 0 Å². The smallest absolute Gasteiger partial charge is 0.273 e. The third kappa shape index (κ3) is 4.35. The lowest BCUT2D eigenvalue weighted by atomic mass is 10.1. The molecule has 0 saturated heterocycles. The molecule has 26 heavy (non-hydrogen) atoms. The minimum atomic E-state index is -3.70. The summed E-state index contributed by atoms with van der Waals surface area (Å²) in [5.74, 6) is 0.186. The highest BCUT2D eigenvalue weighted by atomic mass is 32.2. The highest BCUT2D eigenvalue weighted by Gasteiger charge is 2.13. The molecule has 3 rings (SSSR count). The number of sulfonamides is 1. The van der Waals surface area contributed by atoms with Crippen molar-refractivity contribution in [1.82, 2.24) is 10.5 Å². The molecule has 1 amide bonds. The van der Waals surface area contributed by atoms with Crippen molar-refractivity contribution in [3.63, 3.8) is 0 Å². The molecule has 0 aliphatic heterocycles. The number of nitrogens with one attached hydrogen (secondary N) is 1. The van der Waals surface area contributed by atoms with E-state index in [2.05, 4.69) is 10.5 Å². The second-order valence-electron chi connectivity index (χ2n) is 5.64. The zero-order valence-corrected chi connectivity index (χ0v) is 14.6. The normalized spacial score (nSPS) is 11.3. The molecule has 0 aliphatic carbocycles. The van der Waals surface area contributed by atoms with Crippen LogP contribution < -0.4 is 10.5 Å². The standard InChI is InChI=1S/C18H17N3O4S/c19-26(23,24)15-8-6-13(7-9-15)10-11-20-18(22)16-12-17(25-21-16)14-4-2-1-3-5-14/h1-9,12H,10-11H2,(H,20,22)(H2,19,23,24). The third-order valence-electron chi connectivity index (χ3n) is 3.75. The molecule has 0 fully saturated rings. The van der Waals surface area contributed by atoms with Gasteiger partial charge in [0.1, 0.15) is 0 Å². The molecular weight excluding hydrogens is 354 g/mol. The SMILES string of the molecule is NS(=O)(=O)c1ccc(CCNC(=O)c2cc(-c3ccccc3)on2)cc1. The molecule has 8 heteroatoms. The fraction of sp³-hybridized carbons (Fsp3) is 0.111. The Kier molecular flexibility index (Phi) is 5.15. The van der Waals surface area contributed by atoms with Crippen molar-refractivity contribution in [2.24, 2.45) is 5.14 Å². The van der Waals surface area contributed by atoms with Crippen LogP contribution in [0.25, 0.3) is 11.3 Å². The maximum Gasteiger partial charge on any atom is 0.273 e. The first-order valence-electron chi connectivity index (χ1n) is 7.85. The molecule has 3 aromatic rings. The molecule has 7 nitrogen and oxygen atoms in total. The van der Waals surface area contributed by atoms with E-state index < -0.39 is 10.0 Å². The van der Waals surface area contributed by atoms with Gasteiger partial charge in [-0.05, 0) is 24.1 Å². The molecule has 0 aliphatic rings. The average molecular weight is 371 g/mol. The van der Waals surface area contributed by atoms with Gasteiger partial charge >= 0.3 is 0 Å². The van der Waals surface area contributed by atoms with E-state index >= 15 is 0 Å². The summed E-state index contributed by atoms with van der Waals surface area (Å²) in [5.41, 5.74) is 1.92. The maximum atomic E-state index is 12.1. The Hall–Kier alpha value is -2.97. The van der Waals surface area contributed by atoms with E-state index in [1.54, 1.807) is 18.2 Å². The molecule has 1 aromatic heterocycles. The van der Waals surface area contributed by atoms with Gasteiger partial charge in [-0.3, -0.25) is 4.79 Å². The first kappa shape index (κ1) is 17.8. The third-order valence-corrected chi connectivity index (χ3v) is 4.68. The van der Waals surface area contributed by atoms with E-state index in [9.17, 15) is 13.2 Å². The van der Waals surface area contributed by atoms with Gasteiger partial charge in [0.05, 0.1) is 4.90 Å². The molecule has 0 bridgehead atoms. The van der Waals surface area contributed by atoms with Gasteiger partial charge in [-0.1, -0.05) is 47.6 Å². The number of nitrogens with zero attached hydrogens (tertiary/aromatic N) is 1. The van der Waals surface area contributed by atoms with E-state index in [-0.39, 0.29) is 16.5 Å². The van der Waals surface area contributed by atoms with E-state index in [0.29, 0.717) is 18.7 Å². The quantitative estimate of drug-likeness (QED) is 0.687. The number of rotatable bonds is 6. The summed E-state index contributed by atoms with van der Waals surface area (Å²) in [6, 6.07) is 17.2. The lowest BCUT2D eigenvalue weighted by Crippen LogP contribution is -2.25. The van der Waals surface area contributed by atoms with Crippen molar-refractivity contribution in [2.75, 3.05) is 6.54 Å². The van der Waals surface area contributed by atoms with Gasteiger partial charge in [-0.25, -0.2) is 13.6 Å². The highest BCUT2D eigenvalue weighted by molar-refractivity contribution is 7.89. The zero-order chi connectivity index (χ0) is 18.6. The largest absolute Gasteiger partial charge is 0.355 e. The van der Waals surface area contributed by atoms with Crippen LogP contribution in [0.4, 0.5) is 0 Å². The molecule has 2 aromatic carbocycles. The van der Waals surface area contributed by atoms with Crippen LogP contribution in [-0.4, -0.2) is 26.0 Å². The van der Waals surface area contributed by atoms with Gasteiger partial charge < -0.3 is 9.84 Å². The van der Waals surface area contributed by atoms with Crippen LogP contribution in [0.1, 0.15) is 16.1 Å². The molecule has 134 valence electrons. The monoisotopic (exact) mass is 371 g/mol. The molecule has 0 radical (unpaired) electrons. The zero-order valence-electron chi connectivity index (χ0n) is 13.8. The number of carbonyl (C=O) groups is 1. The number of hydrogen-bond acceptors (Lipinski definition) is 5. The van der Waals surface area contributed by atoms with Gasteiger partial charge in [0.2, 0.25) is 10.0 Å². The number of benzene rings is 2. The van der Waals surface area contributed by atoms with Crippen LogP contribution in [0, 0.1) is 0 Å². The highest BCUT2D eigenvalue weighted by Crippen LogP contribution is 2.19. The number of nitrogens with two attached hydrogens (primary N) is 1. The fourth-order valence-corrected chi connectivity index (χ4v) is 2.89. The number of hydrogen-bond donors (Lipinski definition) is 2. The van der Waals surface area contributed by atoms with Crippen molar-refractivity contribution in [1.29, 1.82) is 0 Å². The second-order valence-corrected chi connectivity index (χ2v) is 7.20. The lowest BCUT2D eigenvalue weighted by molar-refractivity contribution is 0.0945. The van der Waals surface area contributed by atoms with Crippen molar-refractivity contribution in [2.45, 2.75) is 11.3 Å². The number of aromatic nitrogens is 1. The van der Waals surface area contributed by atoms with E-state index in [4.69, 9.17) is 9.66 Å². The molecule has 0 saturated carbocycles. The predicted octanol–water partition coefficient (Wildman–Crippen LogP) is 1.96. The summed E-state index contributed by atoms with van der Waals surface area (Å²) >= 11 is 0. The first-order valence-corrected chi connectivity index (χ1v) is 9.40. The Morgan fingerprint density at radius 1 is 1.08 bits per heavy atom. The van der Waals surface area contributed by atoms with Gasteiger partial charge in [0, 0.05) is 18.2 Å².